The van der Waals surface area contributed by atoms with Crippen LogP contribution in [0.15, 0.2) is 30.6 Å². The molecule has 0 aliphatic carbocycles. The van der Waals surface area contributed by atoms with Crippen LogP contribution < -0.4 is 10.5 Å². The maximum atomic E-state index is 10.8. The van der Waals surface area contributed by atoms with E-state index in [1.807, 2.05) is 0 Å². The monoisotopic (exact) mass is 246 g/mol. The van der Waals surface area contributed by atoms with Crippen LogP contribution in [-0.2, 0) is 0 Å². The van der Waals surface area contributed by atoms with Crippen molar-refractivity contribution < 1.29 is 9.66 Å². The normalized spacial score (nSPS) is 10.1. The standard InChI is InChI=1S/C11H10N4O3/c1-7-2-3-8(4-9(7)15(16)17)18-11-5-10(12)13-6-14-11/h2-6H,1H3,(H2,12,13,14). The minimum absolute atomic E-state index is 0.00507. The van der Waals surface area contributed by atoms with Crippen molar-refractivity contribution in [1.29, 1.82) is 0 Å². The Morgan fingerprint density at radius 1 is 1.33 bits per heavy atom. The van der Waals surface area contributed by atoms with Crippen molar-refractivity contribution in [3.63, 3.8) is 0 Å². The van der Waals surface area contributed by atoms with E-state index in [-0.39, 0.29) is 17.4 Å². The molecule has 1 aromatic carbocycles. The third-order valence-electron chi connectivity index (χ3n) is 2.26. The number of nitrogens with zero attached hydrogens (tertiary/aromatic N) is 3. The zero-order valence-electron chi connectivity index (χ0n) is 9.53. The number of hydrogen-bond acceptors (Lipinski definition) is 6. The van der Waals surface area contributed by atoms with E-state index < -0.39 is 4.92 Å². The van der Waals surface area contributed by atoms with Gasteiger partial charge in [-0.3, -0.25) is 10.1 Å². The summed E-state index contributed by atoms with van der Waals surface area (Å²) in [5.74, 6) is 0.827. The number of nitrogens with two attached hydrogens (primary N) is 1. The average Bonchev–Trinajstić information content (AvgIpc) is 2.31. The highest BCUT2D eigenvalue weighted by Gasteiger charge is 2.12. The van der Waals surface area contributed by atoms with Gasteiger partial charge in [-0.15, -0.1) is 0 Å². The number of nitro benzene ring substituents is 1. The zero-order valence-corrected chi connectivity index (χ0v) is 9.53. The highest BCUT2D eigenvalue weighted by molar-refractivity contribution is 5.46. The van der Waals surface area contributed by atoms with Gasteiger partial charge in [0.15, 0.2) is 0 Å². The lowest BCUT2D eigenvalue weighted by atomic mass is 10.2. The number of nitro groups is 1. The number of aryl methyl sites for hydroxylation is 1. The quantitative estimate of drug-likeness (QED) is 0.656. The van der Waals surface area contributed by atoms with Crippen molar-refractivity contribution in [2.75, 3.05) is 5.73 Å². The van der Waals surface area contributed by atoms with Crippen LogP contribution in [0.5, 0.6) is 11.6 Å². The minimum atomic E-state index is -0.462. The van der Waals surface area contributed by atoms with Crippen molar-refractivity contribution in [2.45, 2.75) is 6.92 Å². The number of nitrogen functional groups attached to an aromatic ring is 1. The van der Waals surface area contributed by atoms with Gasteiger partial charge < -0.3 is 10.5 Å². The van der Waals surface area contributed by atoms with Gasteiger partial charge in [-0.05, 0) is 19.1 Å². The molecule has 0 unspecified atom stereocenters. The van der Waals surface area contributed by atoms with Gasteiger partial charge in [-0.25, -0.2) is 9.97 Å². The van der Waals surface area contributed by atoms with Crippen molar-refractivity contribution >= 4 is 11.5 Å². The molecule has 0 fully saturated rings. The molecular formula is C11H10N4O3. The smallest absolute Gasteiger partial charge is 0.276 e. The molecule has 1 heterocycles. The SMILES string of the molecule is Cc1ccc(Oc2cc(N)ncn2)cc1[N+](=O)[O-]. The van der Waals surface area contributed by atoms with Gasteiger partial charge in [0.05, 0.1) is 11.0 Å². The molecule has 7 heteroatoms. The van der Waals surface area contributed by atoms with Gasteiger partial charge in [0.25, 0.3) is 5.69 Å². The lowest BCUT2D eigenvalue weighted by Gasteiger charge is -2.05. The summed E-state index contributed by atoms with van der Waals surface area (Å²) in [6.07, 6.45) is 1.26. The lowest BCUT2D eigenvalue weighted by Crippen LogP contribution is -1.95. The second-order valence-corrected chi connectivity index (χ2v) is 3.59. The Kier molecular flexibility index (Phi) is 3.05. The van der Waals surface area contributed by atoms with E-state index in [0.29, 0.717) is 11.3 Å². The van der Waals surface area contributed by atoms with Crippen LogP contribution in [0, 0.1) is 17.0 Å². The van der Waals surface area contributed by atoms with Crippen LogP contribution in [0.2, 0.25) is 0 Å². The van der Waals surface area contributed by atoms with Crippen LogP contribution in [0.25, 0.3) is 0 Å². The third kappa shape index (κ3) is 2.51. The average molecular weight is 246 g/mol. The molecule has 0 amide bonds. The van der Waals surface area contributed by atoms with Crippen molar-refractivity contribution in [2.24, 2.45) is 0 Å². The van der Waals surface area contributed by atoms with Gasteiger partial charge in [0.2, 0.25) is 5.88 Å². The summed E-state index contributed by atoms with van der Waals surface area (Å²) in [6.45, 7) is 1.66. The summed E-state index contributed by atoms with van der Waals surface area (Å²) in [5, 5.41) is 10.8. The molecule has 92 valence electrons. The Hall–Kier alpha value is -2.70. The van der Waals surface area contributed by atoms with Gasteiger partial charge in [0, 0.05) is 11.6 Å². The van der Waals surface area contributed by atoms with Crippen LogP contribution >= 0.6 is 0 Å². The summed E-state index contributed by atoms with van der Waals surface area (Å²) >= 11 is 0. The molecule has 0 aliphatic heterocycles. The molecule has 2 aromatic rings. The van der Waals surface area contributed by atoms with E-state index in [9.17, 15) is 10.1 Å². The summed E-state index contributed by atoms with van der Waals surface area (Å²) in [5.41, 5.74) is 6.03. The van der Waals surface area contributed by atoms with E-state index in [1.165, 1.54) is 18.5 Å². The first-order valence-corrected chi connectivity index (χ1v) is 5.06. The van der Waals surface area contributed by atoms with Gasteiger partial charge in [-0.1, -0.05) is 0 Å². The fraction of sp³-hybridized carbons (Fsp3) is 0.0909. The molecular weight excluding hydrogens is 236 g/mol. The number of anilines is 1. The molecule has 18 heavy (non-hydrogen) atoms. The minimum Gasteiger partial charge on any atom is -0.439 e. The number of ether oxygens (including phenoxy) is 1. The molecule has 0 atom stereocenters. The predicted molar refractivity (Wildman–Crippen MR) is 64.4 cm³/mol. The van der Waals surface area contributed by atoms with E-state index in [1.54, 1.807) is 19.1 Å². The van der Waals surface area contributed by atoms with Gasteiger partial charge >= 0.3 is 0 Å². The zero-order chi connectivity index (χ0) is 13.1. The van der Waals surface area contributed by atoms with E-state index in [4.69, 9.17) is 10.5 Å². The Bertz CT molecular complexity index is 601. The van der Waals surface area contributed by atoms with Crippen molar-refractivity contribution in [3.05, 3.63) is 46.3 Å². The summed E-state index contributed by atoms with van der Waals surface area (Å²) in [6, 6.07) is 6.01. The van der Waals surface area contributed by atoms with E-state index in [0.717, 1.165) is 0 Å². The fourth-order valence-corrected chi connectivity index (χ4v) is 1.38. The maximum absolute atomic E-state index is 10.8. The van der Waals surface area contributed by atoms with Crippen molar-refractivity contribution in [1.82, 2.24) is 9.97 Å². The molecule has 0 bridgehead atoms. The molecule has 2 rings (SSSR count). The van der Waals surface area contributed by atoms with Gasteiger partial charge in [0.1, 0.15) is 17.9 Å². The number of aromatic nitrogens is 2. The molecule has 0 aliphatic rings. The summed E-state index contributed by atoms with van der Waals surface area (Å²) in [7, 11) is 0. The molecule has 0 spiro atoms. The Morgan fingerprint density at radius 3 is 2.78 bits per heavy atom. The summed E-state index contributed by atoms with van der Waals surface area (Å²) < 4.78 is 5.37. The highest BCUT2D eigenvalue weighted by atomic mass is 16.6. The lowest BCUT2D eigenvalue weighted by molar-refractivity contribution is -0.385. The topological polar surface area (TPSA) is 104 Å². The maximum Gasteiger partial charge on any atom is 0.276 e. The number of rotatable bonds is 3. The second kappa shape index (κ2) is 4.66. The first kappa shape index (κ1) is 11.8. The Balaban J connectivity index is 2.30. The highest BCUT2D eigenvalue weighted by Crippen LogP contribution is 2.27. The van der Waals surface area contributed by atoms with E-state index >= 15 is 0 Å². The molecule has 0 saturated heterocycles. The van der Waals surface area contributed by atoms with Crippen molar-refractivity contribution in [3.8, 4) is 11.6 Å². The molecule has 7 nitrogen and oxygen atoms in total. The van der Waals surface area contributed by atoms with E-state index in [2.05, 4.69) is 9.97 Å². The van der Waals surface area contributed by atoms with Crippen LogP contribution in [0.1, 0.15) is 5.56 Å². The number of benzene rings is 1. The molecule has 0 radical (unpaired) electrons. The Labute approximate surface area is 102 Å². The first-order valence-electron chi connectivity index (χ1n) is 5.06. The van der Waals surface area contributed by atoms with Crippen LogP contribution in [0.4, 0.5) is 11.5 Å². The van der Waals surface area contributed by atoms with Crippen LogP contribution in [-0.4, -0.2) is 14.9 Å². The van der Waals surface area contributed by atoms with Crippen LogP contribution in [0.3, 0.4) is 0 Å². The third-order valence-corrected chi connectivity index (χ3v) is 2.26. The second-order valence-electron chi connectivity index (χ2n) is 3.59. The first-order chi connectivity index (χ1) is 8.56. The van der Waals surface area contributed by atoms with Gasteiger partial charge in [-0.2, -0.15) is 0 Å². The predicted octanol–water partition coefficient (Wildman–Crippen LogP) is 2.07. The largest absolute Gasteiger partial charge is 0.439 e. The summed E-state index contributed by atoms with van der Waals surface area (Å²) in [4.78, 5) is 17.9. The molecule has 1 aromatic heterocycles. The Morgan fingerprint density at radius 2 is 2.11 bits per heavy atom. The molecule has 2 N–H and O–H groups in total. The fourth-order valence-electron chi connectivity index (χ4n) is 1.38. The number of hydrogen-bond donors (Lipinski definition) is 1. The molecule has 0 saturated carbocycles.